The molecule has 1 rings (SSSR count). The summed E-state index contributed by atoms with van der Waals surface area (Å²) in [5.41, 5.74) is 5.47. The van der Waals surface area contributed by atoms with Crippen molar-refractivity contribution in [3.05, 3.63) is 29.1 Å². The minimum Gasteiger partial charge on any atom is -0.398 e. The van der Waals surface area contributed by atoms with E-state index in [9.17, 15) is 9.18 Å². The molecule has 2 N–H and O–H groups in total. The molecule has 0 heterocycles. The van der Waals surface area contributed by atoms with E-state index in [1.165, 1.54) is 0 Å². The molecule has 0 spiro atoms. The number of Topliss-reactive ketones (excluding diaryl/α,β-unsaturated/α-hetero) is 1. The first-order valence-corrected chi connectivity index (χ1v) is 4.80. The minimum absolute atomic E-state index is 0.00833. The number of carbonyl (C=O) groups excluding carboxylic acids is 1. The summed E-state index contributed by atoms with van der Waals surface area (Å²) in [7, 11) is 0. The van der Waals surface area contributed by atoms with Crippen LogP contribution in [0.4, 0.5) is 10.1 Å². The van der Waals surface area contributed by atoms with Crippen molar-refractivity contribution < 1.29 is 9.18 Å². The highest BCUT2D eigenvalue weighted by molar-refractivity contribution is 9.09. The molecule has 1 aromatic rings. The van der Waals surface area contributed by atoms with Gasteiger partial charge in [-0.2, -0.15) is 5.26 Å². The molecule has 14 heavy (non-hydrogen) atoms. The second kappa shape index (κ2) is 4.20. The molecule has 0 amide bonds. The van der Waals surface area contributed by atoms with E-state index in [4.69, 9.17) is 11.0 Å². The molecule has 3 nitrogen and oxygen atoms in total. The van der Waals surface area contributed by atoms with Crippen LogP contribution < -0.4 is 5.73 Å². The summed E-state index contributed by atoms with van der Waals surface area (Å²) in [6, 6.07) is 3.75. The molecular weight excluding hydrogens is 251 g/mol. The smallest absolute Gasteiger partial charge is 0.176 e. The van der Waals surface area contributed by atoms with E-state index in [1.807, 2.05) is 0 Å². The second-order valence-electron chi connectivity index (χ2n) is 2.59. The molecule has 0 fully saturated rings. The lowest BCUT2D eigenvalue weighted by Crippen LogP contribution is -2.08. The van der Waals surface area contributed by atoms with E-state index in [2.05, 4.69) is 15.9 Å². The summed E-state index contributed by atoms with van der Waals surface area (Å²) in [5, 5.41) is 8.73. The molecule has 0 radical (unpaired) electrons. The number of carbonyl (C=O) groups is 1. The third-order valence-electron chi connectivity index (χ3n) is 1.65. The molecular formula is C9H6BrFN2O. The second-order valence-corrected chi connectivity index (χ2v) is 3.15. The quantitative estimate of drug-likeness (QED) is 0.499. The molecule has 5 heteroatoms. The van der Waals surface area contributed by atoms with Gasteiger partial charge in [-0.25, -0.2) is 4.39 Å². The van der Waals surface area contributed by atoms with Crippen molar-refractivity contribution in [3.8, 4) is 6.07 Å². The van der Waals surface area contributed by atoms with Gasteiger partial charge < -0.3 is 5.73 Å². The lowest BCUT2D eigenvalue weighted by atomic mass is 10.0. The molecule has 0 aromatic heterocycles. The van der Waals surface area contributed by atoms with Gasteiger partial charge in [-0.3, -0.25) is 4.79 Å². The van der Waals surface area contributed by atoms with Gasteiger partial charge in [0.05, 0.1) is 16.5 Å². The number of ketones is 1. The SMILES string of the molecule is N#Cc1cc(F)cc(N)c1C(=O)CBr. The molecule has 0 atom stereocenters. The zero-order valence-electron chi connectivity index (χ0n) is 7.05. The number of halogens is 2. The van der Waals surface area contributed by atoms with Crippen LogP contribution in [0, 0.1) is 17.1 Å². The van der Waals surface area contributed by atoms with Crippen molar-refractivity contribution in [2.75, 3.05) is 11.1 Å². The number of nitrogen functional groups attached to an aromatic ring is 1. The molecule has 0 unspecified atom stereocenters. The fourth-order valence-electron chi connectivity index (χ4n) is 1.09. The topological polar surface area (TPSA) is 66.9 Å². The lowest BCUT2D eigenvalue weighted by Gasteiger charge is -2.04. The summed E-state index contributed by atoms with van der Waals surface area (Å²) in [6.45, 7) is 0. The van der Waals surface area contributed by atoms with Gasteiger partial charge in [0, 0.05) is 5.69 Å². The van der Waals surface area contributed by atoms with Crippen LogP contribution in [-0.4, -0.2) is 11.1 Å². The van der Waals surface area contributed by atoms with Crippen LogP contribution in [0.25, 0.3) is 0 Å². The molecule has 0 bridgehead atoms. The van der Waals surface area contributed by atoms with E-state index in [-0.39, 0.29) is 27.9 Å². The minimum atomic E-state index is -0.620. The predicted octanol–water partition coefficient (Wildman–Crippen LogP) is 1.86. The van der Waals surface area contributed by atoms with E-state index in [0.717, 1.165) is 12.1 Å². The van der Waals surface area contributed by atoms with E-state index >= 15 is 0 Å². The van der Waals surface area contributed by atoms with Gasteiger partial charge in [0.25, 0.3) is 0 Å². The number of benzene rings is 1. The normalized spacial score (nSPS) is 9.50. The standard InChI is InChI=1S/C9H6BrFN2O/c10-3-8(14)9-5(4-12)1-6(11)2-7(9)13/h1-2H,3,13H2. The Morgan fingerprint density at radius 3 is 2.79 bits per heavy atom. The Balaban J connectivity index is 3.42. The Morgan fingerprint density at radius 2 is 2.29 bits per heavy atom. The van der Waals surface area contributed by atoms with Crippen molar-refractivity contribution in [2.24, 2.45) is 0 Å². The fourth-order valence-corrected chi connectivity index (χ4v) is 1.37. The maximum atomic E-state index is 12.8. The molecule has 0 saturated heterocycles. The third kappa shape index (κ3) is 1.91. The predicted molar refractivity (Wildman–Crippen MR) is 53.7 cm³/mol. The first-order chi connectivity index (χ1) is 6.60. The van der Waals surface area contributed by atoms with Gasteiger partial charge in [-0.15, -0.1) is 0 Å². The lowest BCUT2D eigenvalue weighted by molar-refractivity contribution is 0.102. The summed E-state index contributed by atoms with van der Waals surface area (Å²) in [5.74, 6) is -0.954. The van der Waals surface area contributed by atoms with E-state index < -0.39 is 5.82 Å². The molecule has 1 aromatic carbocycles. The number of anilines is 1. The third-order valence-corrected chi connectivity index (χ3v) is 2.16. The van der Waals surface area contributed by atoms with E-state index in [1.54, 1.807) is 6.07 Å². The monoisotopic (exact) mass is 256 g/mol. The number of hydrogen-bond donors (Lipinski definition) is 1. The average molecular weight is 257 g/mol. The van der Waals surface area contributed by atoms with Gasteiger partial charge in [-0.05, 0) is 12.1 Å². The highest BCUT2D eigenvalue weighted by Gasteiger charge is 2.15. The van der Waals surface area contributed by atoms with Crippen LogP contribution in [0.2, 0.25) is 0 Å². The Kier molecular flexibility index (Phi) is 3.20. The van der Waals surface area contributed by atoms with Gasteiger partial charge in [0.2, 0.25) is 0 Å². The highest BCUT2D eigenvalue weighted by Crippen LogP contribution is 2.20. The van der Waals surface area contributed by atoms with Crippen molar-refractivity contribution in [1.29, 1.82) is 5.26 Å². The van der Waals surface area contributed by atoms with Crippen LogP contribution in [0.1, 0.15) is 15.9 Å². The van der Waals surface area contributed by atoms with Gasteiger partial charge >= 0.3 is 0 Å². The van der Waals surface area contributed by atoms with Crippen LogP contribution in [0.3, 0.4) is 0 Å². The van der Waals surface area contributed by atoms with Crippen LogP contribution in [-0.2, 0) is 0 Å². The maximum Gasteiger partial charge on any atom is 0.176 e. The van der Waals surface area contributed by atoms with E-state index in [0.29, 0.717) is 0 Å². The molecule has 0 aliphatic rings. The van der Waals surface area contributed by atoms with Crippen molar-refractivity contribution in [3.63, 3.8) is 0 Å². The van der Waals surface area contributed by atoms with Crippen molar-refractivity contribution in [2.45, 2.75) is 0 Å². The zero-order chi connectivity index (χ0) is 10.7. The molecule has 0 aliphatic heterocycles. The van der Waals surface area contributed by atoms with Gasteiger partial charge in [-0.1, -0.05) is 15.9 Å². The first-order valence-electron chi connectivity index (χ1n) is 3.68. The summed E-state index contributed by atoms with van der Waals surface area (Å²) < 4.78 is 12.8. The summed E-state index contributed by atoms with van der Waals surface area (Å²) in [4.78, 5) is 11.3. The highest BCUT2D eigenvalue weighted by atomic mass is 79.9. The van der Waals surface area contributed by atoms with Gasteiger partial charge in [0.15, 0.2) is 5.78 Å². The Hall–Kier alpha value is -1.41. The number of nitrogens with two attached hydrogens (primary N) is 1. The number of hydrogen-bond acceptors (Lipinski definition) is 3. The summed E-state index contributed by atoms with van der Waals surface area (Å²) in [6.07, 6.45) is 0. The largest absolute Gasteiger partial charge is 0.398 e. The number of rotatable bonds is 2. The zero-order valence-corrected chi connectivity index (χ0v) is 8.64. The Bertz CT molecular complexity index is 426. The average Bonchev–Trinajstić information content (AvgIpc) is 2.15. The number of nitriles is 1. The van der Waals surface area contributed by atoms with Crippen LogP contribution >= 0.6 is 15.9 Å². The first kappa shape index (κ1) is 10.7. The molecule has 72 valence electrons. The Morgan fingerprint density at radius 1 is 1.64 bits per heavy atom. The Labute approximate surface area is 88.5 Å². The molecule has 0 saturated carbocycles. The summed E-state index contributed by atoms with van der Waals surface area (Å²) >= 11 is 2.96. The molecule has 0 aliphatic carbocycles. The van der Waals surface area contributed by atoms with Crippen molar-refractivity contribution in [1.82, 2.24) is 0 Å². The van der Waals surface area contributed by atoms with Crippen LogP contribution in [0.5, 0.6) is 0 Å². The number of nitrogens with zero attached hydrogens (tertiary/aromatic N) is 1. The van der Waals surface area contributed by atoms with Crippen LogP contribution in [0.15, 0.2) is 12.1 Å². The maximum absolute atomic E-state index is 12.8. The number of alkyl halides is 1. The van der Waals surface area contributed by atoms with Crippen molar-refractivity contribution >= 4 is 27.4 Å². The van der Waals surface area contributed by atoms with Gasteiger partial charge in [0.1, 0.15) is 11.9 Å². The fraction of sp³-hybridized carbons (Fsp3) is 0.111.